The van der Waals surface area contributed by atoms with Crippen LogP contribution >= 0.6 is 0 Å². The van der Waals surface area contributed by atoms with Crippen LogP contribution in [-0.2, 0) is 30.3 Å². The number of hydrogen-bond acceptors (Lipinski definition) is 5. The lowest BCUT2D eigenvalue weighted by Gasteiger charge is -2.45. The van der Waals surface area contributed by atoms with Gasteiger partial charge in [0.15, 0.2) is 17.7 Å². The molecule has 1 aromatic heterocycles. The van der Waals surface area contributed by atoms with Crippen molar-refractivity contribution in [3.8, 4) is 0 Å². The van der Waals surface area contributed by atoms with Gasteiger partial charge in [-0.25, -0.2) is 0 Å². The lowest BCUT2D eigenvalue weighted by atomic mass is 9.51. The van der Waals surface area contributed by atoms with E-state index >= 15 is 0 Å². The second-order valence-corrected chi connectivity index (χ2v) is 11.9. The molecule has 0 unspecified atom stereocenters. The number of allylic oxidation sites excluding steroid dienone is 1. The van der Waals surface area contributed by atoms with E-state index in [4.69, 9.17) is 9.47 Å². The molecule has 1 spiro atoms. The number of Topliss-reactive ketones (excluding diaryl/α,β-unsaturated/α-hetero) is 2. The van der Waals surface area contributed by atoms with Gasteiger partial charge in [-0.2, -0.15) is 0 Å². The van der Waals surface area contributed by atoms with Gasteiger partial charge in [0, 0.05) is 41.4 Å². The predicted octanol–water partition coefficient (Wildman–Crippen LogP) is 3.13. The van der Waals surface area contributed by atoms with Gasteiger partial charge in [-0.3, -0.25) is 14.4 Å². The first-order valence-corrected chi connectivity index (χ1v) is 13.2. The third-order valence-electron chi connectivity index (χ3n) is 9.86. The van der Waals surface area contributed by atoms with Crippen molar-refractivity contribution in [2.75, 3.05) is 0 Å². The summed E-state index contributed by atoms with van der Waals surface area (Å²) in [5.41, 5.74) is 0.472. The van der Waals surface area contributed by atoms with Crippen molar-refractivity contribution in [3.05, 3.63) is 48.2 Å². The Bertz CT molecular complexity index is 1330. The fourth-order valence-corrected chi connectivity index (χ4v) is 7.79. The average molecular weight is 489 g/mol. The summed E-state index contributed by atoms with van der Waals surface area (Å²) >= 11 is 0. The van der Waals surface area contributed by atoms with Crippen LogP contribution < -0.4 is 5.32 Å². The fourth-order valence-electron chi connectivity index (χ4n) is 7.79. The molecule has 1 saturated carbocycles. The minimum Gasteiger partial charge on any atom is -0.365 e. The Morgan fingerprint density at radius 3 is 2.75 bits per heavy atom. The standard InChI is InChI=1S/C29H32N2O5/c1-14-7-6-9-18-26-28(3,36-26)15(2)22-20(12-16-13-30-19-10-5-4-8-17(16)19)31-27(34)29(18,22)25(33)24-23(35-24)21(32)11-14/h4-6,8-10,13-15,18,20,22-24,26,30H,7,11-12H2,1-3H3,(H,31,34)/b9-6+/t14-,15-,18-,20-,22-,23-,24+,26-,28+,29-/m0/s1. The van der Waals surface area contributed by atoms with Crippen molar-refractivity contribution in [1.29, 1.82) is 0 Å². The molecule has 0 bridgehead atoms. The Morgan fingerprint density at radius 1 is 1.11 bits per heavy atom. The molecule has 0 radical (unpaired) electrons. The maximum absolute atomic E-state index is 14.3. The molecule has 1 amide bonds. The number of carbonyl (C=O) groups is 3. The maximum atomic E-state index is 14.3. The topological polar surface area (TPSA) is 104 Å². The van der Waals surface area contributed by atoms with E-state index in [9.17, 15) is 14.4 Å². The summed E-state index contributed by atoms with van der Waals surface area (Å²) in [6, 6.07) is 7.90. The molecule has 1 aromatic carbocycles. The number of ether oxygens (including phenoxy) is 2. The summed E-state index contributed by atoms with van der Waals surface area (Å²) in [5, 5.41) is 4.39. The minimum atomic E-state index is -1.30. The largest absolute Gasteiger partial charge is 0.365 e. The second kappa shape index (κ2) is 7.39. The summed E-state index contributed by atoms with van der Waals surface area (Å²) in [4.78, 5) is 44.6. The van der Waals surface area contributed by atoms with Crippen LogP contribution in [0.15, 0.2) is 42.6 Å². The fraction of sp³-hybridized carbons (Fsp3) is 0.552. The number of nitrogens with one attached hydrogen (secondary N) is 2. The first kappa shape index (κ1) is 22.4. The highest BCUT2D eigenvalue weighted by molar-refractivity contribution is 6.13. The normalized spacial score (nSPS) is 46.1. The van der Waals surface area contributed by atoms with E-state index in [1.807, 2.05) is 37.4 Å². The van der Waals surface area contributed by atoms with Crippen molar-refractivity contribution in [3.63, 3.8) is 0 Å². The van der Waals surface area contributed by atoms with Crippen LogP contribution in [0.25, 0.3) is 10.9 Å². The number of carbonyl (C=O) groups excluding carboxylic acids is 3. The Labute approximate surface area is 210 Å². The zero-order valence-corrected chi connectivity index (χ0v) is 20.8. The Kier molecular flexibility index (Phi) is 4.60. The lowest BCUT2D eigenvalue weighted by Crippen LogP contribution is -2.59. The van der Waals surface area contributed by atoms with Gasteiger partial charge in [-0.15, -0.1) is 0 Å². The molecule has 7 rings (SSSR count). The molecule has 36 heavy (non-hydrogen) atoms. The number of benzene rings is 1. The SMILES string of the molecule is C[C@H]1C/C=C/[C@H]2[C@@H]3O[C@]3(C)[C@@H](C)[C@H]3[C@H](Cc4c[nH]c5ccccc45)NC(=O)[C@]32C(=O)[C@@H]2O[C@H]2C(=O)C1. The number of aromatic amines is 1. The summed E-state index contributed by atoms with van der Waals surface area (Å²) in [6.07, 6.45) is 6.05. The number of H-pyrrole nitrogens is 1. The predicted molar refractivity (Wildman–Crippen MR) is 132 cm³/mol. The van der Waals surface area contributed by atoms with Crippen LogP contribution in [-0.4, -0.2) is 52.4 Å². The molecule has 2 aromatic rings. The maximum Gasteiger partial charge on any atom is 0.235 e. The molecular formula is C29H32N2O5. The third kappa shape index (κ3) is 2.84. The molecule has 5 aliphatic rings. The van der Waals surface area contributed by atoms with Gasteiger partial charge in [0.1, 0.15) is 11.5 Å². The summed E-state index contributed by atoms with van der Waals surface area (Å²) in [7, 11) is 0. The van der Waals surface area contributed by atoms with Gasteiger partial charge in [0.25, 0.3) is 0 Å². The molecule has 4 heterocycles. The van der Waals surface area contributed by atoms with E-state index in [-0.39, 0.29) is 58.9 Å². The zero-order chi connectivity index (χ0) is 25.0. The monoisotopic (exact) mass is 488 g/mol. The molecule has 7 heteroatoms. The summed E-state index contributed by atoms with van der Waals surface area (Å²) in [6.45, 7) is 6.27. The molecule has 10 atom stereocenters. The van der Waals surface area contributed by atoms with Crippen molar-refractivity contribution < 1.29 is 23.9 Å². The molecule has 3 saturated heterocycles. The van der Waals surface area contributed by atoms with Crippen molar-refractivity contribution in [1.82, 2.24) is 10.3 Å². The van der Waals surface area contributed by atoms with E-state index in [1.165, 1.54) is 0 Å². The second-order valence-electron chi connectivity index (χ2n) is 11.9. The summed E-state index contributed by atoms with van der Waals surface area (Å²) < 4.78 is 12.0. The van der Waals surface area contributed by atoms with Gasteiger partial charge < -0.3 is 19.8 Å². The molecular weight excluding hydrogens is 456 g/mol. The molecule has 188 valence electrons. The van der Waals surface area contributed by atoms with Crippen LogP contribution in [0, 0.1) is 29.1 Å². The van der Waals surface area contributed by atoms with Crippen molar-refractivity contribution in [2.45, 2.75) is 70.0 Å². The van der Waals surface area contributed by atoms with Gasteiger partial charge in [-0.1, -0.05) is 44.2 Å². The van der Waals surface area contributed by atoms with E-state index < -0.39 is 17.6 Å². The number of hydrogen-bond donors (Lipinski definition) is 2. The van der Waals surface area contributed by atoms with Crippen LogP contribution in [0.1, 0.15) is 39.2 Å². The zero-order valence-electron chi connectivity index (χ0n) is 20.8. The number of para-hydroxylation sites is 1. The summed E-state index contributed by atoms with van der Waals surface area (Å²) in [5.74, 6) is -1.04. The van der Waals surface area contributed by atoms with Gasteiger partial charge in [0.2, 0.25) is 5.91 Å². The van der Waals surface area contributed by atoms with Gasteiger partial charge in [0.05, 0.1) is 11.7 Å². The Hall–Kier alpha value is -2.77. The number of rotatable bonds is 2. The highest BCUT2D eigenvalue weighted by atomic mass is 16.6. The molecule has 4 fully saturated rings. The van der Waals surface area contributed by atoms with E-state index in [2.05, 4.69) is 36.3 Å². The Balaban J connectivity index is 1.35. The number of aromatic nitrogens is 1. The van der Waals surface area contributed by atoms with Crippen molar-refractivity contribution >= 4 is 28.4 Å². The highest BCUT2D eigenvalue weighted by Gasteiger charge is 2.80. The first-order valence-electron chi connectivity index (χ1n) is 13.2. The van der Waals surface area contributed by atoms with Crippen molar-refractivity contribution in [2.24, 2.45) is 29.1 Å². The number of ketones is 2. The van der Waals surface area contributed by atoms with E-state index in [1.54, 1.807) is 0 Å². The number of epoxide rings is 2. The average Bonchev–Trinajstić information content (AvgIpc) is 3.72. The van der Waals surface area contributed by atoms with Crippen LogP contribution in [0.3, 0.4) is 0 Å². The lowest BCUT2D eigenvalue weighted by molar-refractivity contribution is -0.149. The van der Waals surface area contributed by atoms with Gasteiger partial charge >= 0.3 is 0 Å². The van der Waals surface area contributed by atoms with E-state index in [0.29, 0.717) is 19.3 Å². The van der Waals surface area contributed by atoms with Crippen LogP contribution in [0.4, 0.5) is 0 Å². The van der Waals surface area contributed by atoms with Crippen LogP contribution in [0.2, 0.25) is 0 Å². The quantitative estimate of drug-likeness (QED) is 0.384. The molecule has 7 nitrogen and oxygen atoms in total. The molecule has 2 aliphatic carbocycles. The van der Waals surface area contributed by atoms with E-state index in [0.717, 1.165) is 16.5 Å². The first-order chi connectivity index (χ1) is 17.3. The van der Waals surface area contributed by atoms with Crippen LogP contribution in [0.5, 0.6) is 0 Å². The number of fused-ring (bicyclic) bond motifs is 4. The molecule has 2 N–H and O–H groups in total. The number of amides is 1. The third-order valence-corrected chi connectivity index (χ3v) is 9.86. The highest BCUT2D eigenvalue weighted by Crippen LogP contribution is 2.66. The Morgan fingerprint density at radius 2 is 1.92 bits per heavy atom. The smallest absolute Gasteiger partial charge is 0.235 e. The minimum absolute atomic E-state index is 0.0257. The molecule has 3 aliphatic heterocycles. The van der Waals surface area contributed by atoms with Gasteiger partial charge in [-0.05, 0) is 43.2 Å².